The molecule has 0 radical (unpaired) electrons. The zero-order valence-corrected chi connectivity index (χ0v) is 9.45. The van der Waals surface area contributed by atoms with Gasteiger partial charge in [0.25, 0.3) is 0 Å². The average molecular weight is 219 g/mol. The van der Waals surface area contributed by atoms with Gasteiger partial charge < -0.3 is 16.0 Å². The molecule has 0 fully saturated rings. The second-order valence-electron chi connectivity index (χ2n) is 3.80. The predicted octanol–water partition coefficient (Wildman–Crippen LogP) is 2.14. The summed E-state index contributed by atoms with van der Waals surface area (Å²) in [6.07, 6.45) is 5.42. The normalized spacial score (nSPS) is 10.8. The monoisotopic (exact) mass is 219 g/mol. The predicted molar refractivity (Wildman–Crippen MR) is 66.3 cm³/mol. The third kappa shape index (κ3) is 2.24. The Morgan fingerprint density at radius 3 is 3.06 bits per heavy atom. The molecule has 2 aromatic rings. The van der Waals surface area contributed by atoms with Crippen molar-refractivity contribution in [2.45, 2.75) is 26.2 Å². The molecule has 0 aliphatic heterocycles. The molecule has 0 amide bonds. The smallest absolute Gasteiger partial charge is 0.222 e. The van der Waals surface area contributed by atoms with Crippen LogP contribution in [-0.4, -0.2) is 21.5 Å². The molecule has 0 saturated carbocycles. The number of H-pyrrole nitrogens is 1. The first kappa shape index (κ1) is 10.7. The van der Waals surface area contributed by atoms with E-state index in [0.29, 0.717) is 5.95 Å². The molecule has 0 aliphatic rings. The first-order valence-electron chi connectivity index (χ1n) is 5.65. The highest BCUT2D eigenvalue weighted by Gasteiger charge is 2.05. The van der Waals surface area contributed by atoms with Gasteiger partial charge in [0.1, 0.15) is 5.52 Å². The number of hydrogen-bond donors (Lipinski definition) is 3. The van der Waals surface area contributed by atoms with Crippen LogP contribution in [0.15, 0.2) is 12.3 Å². The van der Waals surface area contributed by atoms with Crippen LogP contribution in [-0.2, 0) is 0 Å². The Balaban J connectivity index is 2.12. The van der Waals surface area contributed by atoms with Crippen molar-refractivity contribution >= 4 is 22.8 Å². The van der Waals surface area contributed by atoms with Crippen LogP contribution in [0, 0.1) is 0 Å². The summed E-state index contributed by atoms with van der Waals surface area (Å²) in [4.78, 5) is 11.4. The quantitative estimate of drug-likeness (QED) is 0.673. The zero-order chi connectivity index (χ0) is 11.4. The van der Waals surface area contributed by atoms with E-state index in [0.717, 1.165) is 29.8 Å². The largest absolute Gasteiger partial charge is 0.368 e. The van der Waals surface area contributed by atoms with Crippen LogP contribution in [0.5, 0.6) is 0 Å². The number of nitrogen functional groups attached to an aromatic ring is 1. The minimum atomic E-state index is 0.310. The number of hydrogen-bond acceptors (Lipinski definition) is 4. The summed E-state index contributed by atoms with van der Waals surface area (Å²) in [7, 11) is 0. The Morgan fingerprint density at radius 1 is 1.38 bits per heavy atom. The van der Waals surface area contributed by atoms with Crippen molar-refractivity contribution in [1.82, 2.24) is 15.0 Å². The van der Waals surface area contributed by atoms with Gasteiger partial charge in [-0.1, -0.05) is 19.8 Å². The van der Waals surface area contributed by atoms with E-state index in [-0.39, 0.29) is 0 Å². The van der Waals surface area contributed by atoms with Crippen molar-refractivity contribution in [1.29, 1.82) is 0 Å². The molecule has 0 aliphatic carbocycles. The highest BCUT2D eigenvalue weighted by atomic mass is 15.1. The Morgan fingerprint density at radius 2 is 2.25 bits per heavy atom. The lowest BCUT2D eigenvalue weighted by Gasteiger charge is -2.06. The lowest BCUT2D eigenvalue weighted by Crippen LogP contribution is -2.06. The molecular formula is C11H17N5. The molecule has 0 bridgehead atoms. The van der Waals surface area contributed by atoms with E-state index in [1.54, 1.807) is 0 Å². The fourth-order valence-electron chi connectivity index (χ4n) is 1.67. The van der Waals surface area contributed by atoms with Crippen LogP contribution in [0.3, 0.4) is 0 Å². The molecule has 2 heterocycles. The molecule has 0 aromatic carbocycles. The van der Waals surface area contributed by atoms with Crippen molar-refractivity contribution in [3.8, 4) is 0 Å². The number of unbranched alkanes of at least 4 members (excludes halogenated alkanes) is 2. The lowest BCUT2D eigenvalue weighted by molar-refractivity contribution is 0.742. The fourth-order valence-corrected chi connectivity index (χ4v) is 1.67. The number of anilines is 2. The maximum Gasteiger partial charge on any atom is 0.222 e. The van der Waals surface area contributed by atoms with E-state index in [9.17, 15) is 0 Å². The minimum Gasteiger partial charge on any atom is -0.368 e. The summed E-state index contributed by atoms with van der Waals surface area (Å²) in [6.45, 7) is 3.10. The second kappa shape index (κ2) is 4.83. The van der Waals surface area contributed by atoms with Crippen LogP contribution in [0.4, 0.5) is 11.8 Å². The number of nitrogens with one attached hydrogen (secondary N) is 2. The molecule has 86 valence electrons. The van der Waals surface area contributed by atoms with Crippen LogP contribution in [0.1, 0.15) is 26.2 Å². The van der Waals surface area contributed by atoms with Crippen LogP contribution >= 0.6 is 0 Å². The van der Waals surface area contributed by atoms with Crippen molar-refractivity contribution < 1.29 is 0 Å². The van der Waals surface area contributed by atoms with Gasteiger partial charge in [-0.25, -0.2) is 4.98 Å². The topological polar surface area (TPSA) is 79.6 Å². The first-order valence-corrected chi connectivity index (χ1v) is 5.65. The molecule has 2 aromatic heterocycles. The molecule has 0 spiro atoms. The molecular weight excluding hydrogens is 202 g/mol. The van der Waals surface area contributed by atoms with Crippen molar-refractivity contribution in [3.63, 3.8) is 0 Å². The number of rotatable bonds is 5. The van der Waals surface area contributed by atoms with Crippen molar-refractivity contribution in [3.05, 3.63) is 12.3 Å². The van der Waals surface area contributed by atoms with Gasteiger partial charge in [0.05, 0.1) is 5.52 Å². The minimum absolute atomic E-state index is 0.310. The highest BCUT2D eigenvalue weighted by molar-refractivity contribution is 5.86. The SMILES string of the molecule is CCCCCNc1nc(N)nc2cc[nH]c12. The highest BCUT2D eigenvalue weighted by Crippen LogP contribution is 2.19. The summed E-state index contributed by atoms with van der Waals surface area (Å²) in [5.41, 5.74) is 7.41. The third-order valence-electron chi connectivity index (χ3n) is 2.50. The first-order chi connectivity index (χ1) is 7.81. The van der Waals surface area contributed by atoms with E-state index in [1.807, 2.05) is 12.3 Å². The summed E-state index contributed by atoms with van der Waals surface area (Å²) < 4.78 is 0. The maximum absolute atomic E-state index is 5.64. The lowest BCUT2D eigenvalue weighted by atomic mass is 10.2. The fraction of sp³-hybridized carbons (Fsp3) is 0.455. The molecule has 0 saturated heterocycles. The van der Waals surface area contributed by atoms with E-state index >= 15 is 0 Å². The number of nitrogens with zero attached hydrogens (tertiary/aromatic N) is 2. The molecule has 0 atom stereocenters. The third-order valence-corrected chi connectivity index (χ3v) is 2.50. The van der Waals surface area contributed by atoms with Crippen molar-refractivity contribution in [2.24, 2.45) is 0 Å². The Labute approximate surface area is 94.5 Å². The zero-order valence-electron chi connectivity index (χ0n) is 9.45. The summed E-state index contributed by atoms with van der Waals surface area (Å²) in [5.74, 6) is 1.11. The molecule has 4 N–H and O–H groups in total. The van der Waals surface area contributed by atoms with Crippen molar-refractivity contribution in [2.75, 3.05) is 17.6 Å². The number of fused-ring (bicyclic) bond motifs is 1. The number of nitrogens with two attached hydrogens (primary N) is 1. The van der Waals surface area contributed by atoms with E-state index in [1.165, 1.54) is 12.8 Å². The van der Waals surface area contributed by atoms with Gasteiger partial charge >= 0.3 is 0 Å². The maximum atomic E-state index is 5.64. The second-order valence-corrected chi connectivity index (χ2v) is 3.80. The van der Waals surface area contributed by atoms with Crippen LogP contribution in [0.2, 0.25) is 0 Å². The number of aromatic amines is 1. The van der Waals surface area contributed by atoms with Gasteiger partial charge in [0, 0.05) is 12.7 Å². The van der Waals surface area contributed by atoms with E-state index < -0.39 is 0 Å². The molecule has 5 nitrogen and oxygen atoms in total. The Hall–Kier alpha value is -1.78. The molecule has 5 heteroatoms. The van der Waals surface area contributed by atoms with Gasteiger partial charge in [-0.05, 0) is 12.5 Å². The molecule has 2 rings (SSSR count). The standard InChI is InChI=1S/C11H17N5/c1-2-3-4-6-14-10-9-8(5-7-13-9)15-11(12)16-10/h5,7,13H,2-4,6H2,1H3,(H3,12,14,15,16). The molecule has 0 unspecified atom stereocenters. The Bertz CT molecular complexity index is 462. The van der Waals surface area contributed by atoms with Crippen LogP contribution < -0.4 is 11.1 Å². The van der Waals surface area contributed by atoms with Gasteiger partial charge in [0.2, 0.25) is 5.95 Å². The molecule has 16 heavy (non-hydrogen) atoms. The summed E-state index contributed by atoms with van der Waals surface area (Å²) in [5, 5.41) is 3.29. The Kier molecular flexibility index (Phi) is 3.24. The summed E-state index contributed by atoms with van der Waals surface area (Å²) in [6, 6.07) is 1.89. The van der Waals surface area contributed by atoms with E-state index in [2.05, 4.69) is 27.2 Å². The van der Waals surface area contributed by atoms with Gasteiger partial charge in [-0.2, -0.15) is 4.98 Å². The number of aromatic nitrogens is 3. The van der Waals surface area contributed by atoms with Gasteiger partial charge in [-0.15, -0.1) is 0 Å². The van der Waals surface area contributed by atoms with E-state index in [4.69, 9.17) is 5.73 Å². The van der Waals surface area contributed by atoms with Gasteiger partial charge in [-0.3, -0.25) is 0 Å². The summed E-state index contributed by atoms with van der Waals surface area (Å²) >= 11 is 0. The van der Waals surface area contributed by atoms with Crippen LogP contribution in [0.25, 0.3) is 11.0 Å². The van der Waals surface area contributed by atoms with Gasteiger partial charge in [0.15, 0.2) is 5.82 Å². The average Bonchev–Trinajstić information content (AvgIpc) is 2.72.